The van der Waals surface area contributed by atoms with Crippen molar-refractivity contribution in [2.45, 2.75) is 0 Å². The van der Waals surface area contributed by atoms with Crippen LogP contribution in [0.5, 0.6) is 5.75 Å². The van der Waals surface area contributed by atoms with Crippen LogP contribution in [0.1, 0.15) is 5.56 Å². The summed E-state index contributed by atoms with van der Waals surface area (Å²) in [5.74, 6) is -0.0677. The molecule has 0 aliphatic carbocycles. The first kappa shape index (κ1) is 20.1. The summed E-state index contributed by atoms with van der Waals surface area (Å²) >= 11 is 15.4. The third-order valence-electron chi connectivity index (χ3n) is 3.14. The molecule has 2 rings (SSSR count). The quantitative estimate of drug-likeness (QED) is 0.339. The van der Waals surface area contributed by atoms with E-state index >= 15 is 0 Å². The molecule has 0 radical (unpaired) electrons. The molecule has 0 fully saturated rings. The van der Waals surface area contributed by atoms with Gasteiger partial charge in [-0.15, -0.1) is 0 Å². The Labute approximate surface area is 169 Å². The summed E-state index contributed by atoms with van der Waals surface area (Å²) in [6.07, 6.45) is 3.05. The van der Waals surface area contributed by atoms with Crippen LogP contribution in [0.15, 0.2) is 59.1 Å². The number of anilines is 1. The van der Waals surface area contributed by atoms with Crippen molar-refractivity contribution in [3.8, 4) is 11.8 Å². The molecule has 0 saturated heterocycles. The highest BCUT2D eigenvalue weighted by atomic mass is 79.9. The monoisotopic (exact) mass is 450 g/mol. The number of nitrogens with zero attached hydrogens (tertiary/aromatic N) is 1. The number of ether oxygens (including phenoxy) is 1. The Morgan fingerprint density at radius 2 is 2.00 bits per heavy atom. The van der Waals surface area contributed by atoms with Gasteiger partial charge in [0, 0.05) is 10.7 Å². The van der Waals surface area contributed by atoms with Crippen LogP contribution in [-0.2, 0) is 4.79 Å². The Hall–Kier alpha value is -2.26. The van der Waals surface area contributed by atoms with E-state index in [0.717, 1.165) is 0 Å². The number of carbonyl (C=O) groups excluding carboxylic acids is 1. The fourth-order valence-corrected chi connectivity index (χ4v) is 3.10. The van der Waals surface area contributed by atoms with Gasteiger partial charge >= 0.3 is 0 Å². The molecule has 2 aromatic carbocycles. The molecule has 7 heteroatoms. The number of nitriles is 1. The number of hydrogen-bond donors (Lipinski definition) is 1. The zero-order valence-corrected chi connectivity index (χ0v) is 16.5. The van der Waals surface area contributed by atoms with Crippen LogP contribution < -0.4 is 10.1 Å². The molecule has 0 saturated carbocycles. The summed E-state index contributed by atoms with van der Waals surface area (Å²) in [6.45, 7) is 3.89. The zero-order chi connectivity index (χ0) is 19.1. The molecule has 4 nitrogen and oxygen atoms in total. The van der Waals surface area contributed by atoms with E-state index in [2.05, 4.69) is 27.8 Å². The van der Waals surface area contributed by atoms with Gasteiger partial charge in [-0.25, -0.2) is 0 Å². The predicted octanol–water partition coefficient (Wildman–Crippen LogP) is 5.87. The van der Waals surface area contributed by atoms with E-state index in [1.165, 1.54) is 6.08 Å². The average Bonchev–Trinajstić information content (AvgIpc) is 2.61. The van der Waals surface area contributed by atoms with Gasteiger partial charge in [0.25, 0.3) is 5.91 Å². The molecule has 132 valence electrons. The van der Waals surface area contributed by atoms with Crippen LogP contribution in [0.25, 0.3) is 6.08 Å². The molecule has 0 aliphatic rings. The summed E-state index contributed by atoms with van der Waals surface area (Å²) in [7, 11) is 0. The molecule has 1 amide bonds. The molecule has 2 aromatic rings. The molecule has 0 spiro atoms. The molecule has 0 aromatic heterocycles. The molecule has 0 aliphatic heterocycles. The lowest BCUT2D eigenvalue weighted by molar-refractivity contribution is -0.112. The van der Waals surface area contributed by atoms with Gasteiger partial charge in [0.1, 0.15) is 18.2 Å². The summed E-state index contributed by atoms with van der Waals surface area (Å²) in [6, 6.07) is 11.8. The van der Waals surface area contributed by atoms with E-state index in [9.17, 15) is 10.1 Å². The normalized spacial score (nSPS) is 10.8. The molecular formula is C19H13BrCl2N2O2. The first-order valence-electron chi connectivity index (χ1n) is 7.36. The Kier molecular flexibility index (Phi) is 7.28. The fourth-order valence-electron chi connectivity index (χ4n) is 1.99. The van der Waals surface area contributed by atoms with Gasteiger partial charge in [-0.05, 0) is 64.0 Å². The Balaban J connectivity index is 2.24. The molecule has 26 heavy (non-hydrogen) atoms. The van der Waals surface area contributed by atoms with Crippen molar-refractivity contribution < 1.29 is 9.53 Å². The average molecular weight is 452 g/mol. The lowest BCUT2D eigenvalue weighted by atomic mass is 10.1. The Morgan fingerprint density at radius 1 is 1.31 bits per heavy atom. The number of nitrogens with one attached hydrogen (secondary N) is 1. The number of benzene rings is 2. The van der Waals surface area contributed by atoms with Gasteiger partial charge in [-0.3, -0.25) is 4.79 Å². The number of amides is 1. The van der Waals surface area contributed by atoms with Gasteiger partial charge in [-0.2, -0.15) is 5.26 Å². The first-order valence-corrected chi connectivity index (χ1v) is 8.91. The SMILES string of the molecule is C=CCOc1c(Cl)cc(/C=C(/C#N)C(=O)Nc2ccc(Cl)cc2)cc1Br. The minimum Gasteiger partial charge on any atom is -0.487 e. The standard InChI is InChI=1S/C19H13BrCl2N2O2/c1-2-7-26-18-16(20)9-12(10-17(18)22)8-13(11-23)19(25)24-15-5-3-14(21)4-6-15/h2-6,8-10H,1,7H2,(H,24,25)/b13-8-. The summed E-state index contributed by atoms with van der Waals surface area (Å²) in [5, 5.41) is 12.9. The van der Waals surface area contributed by atoms with Gasteiger partial charge in [0.2, 0.25) is 0 Å². The molecule has 1 N–H and O–H groups in total. The predicted molar refractivity (Wildman–Crippen MR) is 109 cm³/mol. The smallest absolute Gasteiger partial charge is 0.266 e. The maximum atomic E-state index is 12.3. The third kappa shape index (κ3) is 5.37. The molecule has 0 atom stereocenters. The van der Waals surface area contributed by atoms with Crippen molar-refractivity contribution in [2.24, 2.45) is 0 Å². The highest BCUT2D eigenvalue weighted by Crippen LogP contribution is 2.35. The van der Waals surface area contributed by atoms with Gasteiger partial charge < -0.3 is 10.1 Å². The van der Waals surface area contributed by atoms with E-state index in [1.807, 2.05) is 6.07 Å². The van der Waals surface area contributed by atoms with Crippen molar-refractivity contribution in [2.75, 3.05) is 11.9 Å². The van der Waals surface area contributed by atoms with E-state index in [1.54, 1.807) is 42.5 Å². The zero-order valence-electron chi connectivity index (χ0n) is 13.4. The maximum Gasteiger partial charge on any atom is 0.266 e. The molecular weight excluding hydrogens is 439 g/mol. The summed E-state index contributed by atoms with van der Waals surface area (Å²) in [4.78, 5) is 12.3. The molecule has 0 bridgehead atoms. The lowest BCUT2D eigenvalue weighted by Crippen LogP contribution is -2.13. The van der Waals surface area contributed by atoms with E-state index in [0.29, 0.717) is 38.1 Å². The van der Waals surface area contributed by atoms with Crippen LogP contribution in [0.2, 0.25) is 10.0 Å². The topological polar surface area (TPSA) is 62.1 Å². The first-order chi connectivity index (χ1) is 12.4. The van der Waals surface area contributed by atoms with Crippen LogP contribution in [0.4, 0.5) is 5.69 Å². The number of hydrogen-bond acceptors (Lipinski definition) is 3. The fraction of sp³-hybridized carbons (Fsp3) is 0.0526. The van der Waals surface area contributed by atoms with Crippen LogP contribution >= 0.6 is 39.1 Å². The van der Waals surface area contributed by atoms with Crippen molar-refractivity contribution in [1.82, 2.24) is 0 Å². The van der Waals surface area contributed by atoms with Crippen LogP contribution in [0.3, 0.4) is 0 Å². The van der Waals surface area contributed by atoms with Crippen molar-refractivity contribution in [1.29, 1.82) is 5.26 Å². The Morgan fingerprint density at radius 3 is 2.58 bits per heavy atom. The van der Waals surface area contributed by atoms with Crippen molar-refractivity contribution in [3.63, 3.8) is 0 Å². The molecule has 0 heterocycles. The molecule has 0 unspecified atom stereocenters. The maximum absolute atomic E-state index is 12.3. The third-order valence-corrected chi connectivity index (χ3v) is 4.27. The second kappa shape index (κ2) is 9.44. The van der Waals surface area contributed by atoms with Gasteiger partial charge in [0.15, 0.2) is 5.75 Å². The van der Waals surface area contributed by atoms with E-state index in [-0.39, 0.29) is 5.57 Å². The van der Waals surface area contributed by atoms with Crippen LogP contribution in [-0.4, -0.2) is 12.5 Å². The number of carbonyl (C=O) groups is 1. The van der Waals surface area contributed by atoms with Gasteiger partial charge in [0.05, 0.1) is 9.50 Å². The number of halogens is 3. The minimum absolute atomic E-state index is 0.0670. The number of rotatable bonds is 6. The lowest BCUT2D eigenvalue weighted by Gasteiger charge is -2.09. The Bertz CT molecular complexity index is 880. The van der Waals surface area contributed by atoms with E-state index < -0.39 is 5.91 Å². The van der Waals surface area contributed by atoms with Crippen molar-refractivity contribution >= 4 is 56.8 Å². The van der Waals surface area contributed by atoms with Crippen LogP contribution in [0, 0.1) is 11.3 Å². The van der Waals surface area contributed by atoms with Gasteiger partial charge in [-0.1, -0.05) is 35.9 Å². The highest BCUT2D eigenvalue weighted by molar-refractivity contribution is 9.10. The summed E-state index contributed by atoms with van der Waals surface area (Å²) in [5.41, 5.74) is 1.05. The van der Waals surface area contributed by atoms with Crippen molar-refractivity contribution in [3.05, 3.63) is 74.7 Å². The largest absolute Gasteiger partial charge is 0.487 e. The minimum atomic E-state index is -0.533. The second-order valence-corrected chi connectivity index (χ2v) is 6.74. The second-order valence-electron chi connectivity index (χ2n) is 5.04. The highest BCUT2D eigenvalue weighted by Gasteiger charge is 2.12. The van der Waals surface area contributed by atoms with E-state index in [4.69, 9.17) is 27.9 Å². The summed E-state index contributed by atoms with van der Waals surface area (Å²) < 4.78 is 6.07.